The van der Waals surface area contributed by atoms with Crippen LogP contribution in [-0.4, -0.2) is 36.4 Å². The van der Waals surface area contributed by atoms with Crippen LogP contribution in [-0.2, 0) is 14.8 Å². The second-order valence-corrected chi connectivity index (χ2v) is 6.11. The highest BCUT2D eigenvalue weighted by Crippen LogP contribution is 2.32. The minimum atomic E-state index is -4.35. The van der Waals surface area contributed by atoms with E-state index in [2.05, 4.69) is 0 Å². The molecule has 8 heteroatoms. The molecule has 1 fully saturated rings. The Bertz CT molecular complexity index is 613. The summed E-state index contributed by atoms with van der Waals surface area (Å²) >= 11 is 0. The fourth-order valence-electron chi connectivity index (χ4n) is 1.71. The molecule has 0 aliphatic heterocycles. The molecule has 19 heavy (non-hydrogen) atoms. The molecule has 1 aromatic carbocycles. The zero-order chi connectivity index (χ0) is 14.2. The van der Waals surface area contributed by atoms with Gasteiger partial charge in [-0.1, -0.05) is 0 Å². The molecule has 0 heterocycles. The molecule has 0 unspecified atom stereocenters. The minimum absolute atomic E-state index is 0.455. The van der Waals surface area contributed by atoms with Crippen LogP contribution in [0.25, 0.3) is 0 Å². The summed E-state index contributed by atoms with van der Waals surface area (Å²) in [6.07, 6.45) is 1.03. The predicted molar refractivity (Wildman–Crippen MR) is 60.9 cm³/mol. The van der Waals surface area contributed by atoms with Gasteiger partial charge in [-0.2, -0.15) is 4.31 Å². The molecule has 0 atom stereocenters. The standard InChI is InChI=1S/C11H11F2NO4S/c12-7-1-4-9(13)10(5-7)19(17,18)14(6-11(15)16)8-2-3-8/h1,4-5,8H,2-3,6H2,(H,15,16). The lowest BCUT2D eigenvalue weighted by molar-refractivity contribution is -0.137. The van der Waals surface area contributed by atoms with E-state index in [0.29, 0.717) is 29.3 Å². The summed E-state index contributed by atoms with van der Waals surface area (Å²) in [4.78, 5) is 9.87. The van der Waals surface area contributed by atoms with Crippen molar-refractivity contribution in [1.29, 1.82) is 0 Å². The summed E-state index contributed by atoms with van der Waals surface area (Å²) in [5, 5.41) is 8.72. The van der Waals surface area contributed by atoms with E-state index in [1.54, 1.807) is 0 Å². The van der Waals surface area contributed by atoms with Crippen LogP contribution in [0.3, 0.4) is 0 Å². The van der Waals surface area contributed by atoms with Crippen molar-refractivity contribution in [3.05, 3.63) is 29.8 Å². The molecule has 1 N–H and O–H groups in total. The van der Waals surface area contributed by atoms with Crippen molar-refractivity contribution in [1.82, 2.24) is 4.31 Å². The van der Waals surface area contributed by atoms with Crippen LogP contribution in [0, 0.1) is 11.6 Å². The SMILES string of the molecule is O=C(O)CN(C1CC1)S(=O)(=O)c1cc(F)ccc1F. The number of aliphatic carboxylic acids is 1. The highest BCUT2D eigenvalue weighted by molar-refractivity contribution is 7.89. The maximum absolute atomic E-state index is 13.5. The molecule has 0 amide bonds. The largest absolute Gasteiger partial charge is 0.480 e. The third-order valence-corrected chi connectivity index (χ3v) is 4.64. The van der Waals surface area contributed by atoms with Gasteiger partial charge in [-0.25, -0.2) is 17.2 Å². The second-order valence-electron chi connectivity index (χ2n) is 4.25. The fraction of sp³-hybridized carbons (Fsp3) is 0.364. The lowest BCUT2D eigenvalue weighted by Crippen LogP contribution is -2.37. The van der Waals surface area contributed by atoms with E-state index < -0.39 is 45.1 Å². The highest BCUT2D eigenvalue weighted by Gasteiger charge is 2.40. The molecule has 1 aliphatic carbocycles. The maximum Gasteiger partial charge on any atom is 0.318 e. The number of nitrogens with zero attached hydrogens (tertiary/aromatic N) is 1. The van der Waals surface area contributed by atoms with Gasteiger partial charge < -0.3 is 5.11 Å². The van der Waals surface area contributed by atoms with Crippen LogP contribution in [0.15, 0.2) is 23.1 Å². The Morgan fingerprint density at radius 1 is 1.37 bits per heavy atom. The Kier molecular flexibility index (Phi) is 3.55. The first-order valence-electron chi connectivity index (χ1n) is 5.51. The first-order chi connectivity index (χ1) is 8.82. The van der Waals surface area contributed by atoms with Crippen molar-refractivity contribution in [3.63, 3.8) is 0 Å². The number of carboxylic acid groups (broad SMARTS) is 1. The summed E-state index contributed by atoms with van der Waals surface area (Å²) in [6.45, 7) is -0.761. The normalized spacial score (nSPS) is 15.7. The summed E-state index contributed by atoms with van der Waals surface area (Å²) in [5.74, 6) is -3.34. The van der Waals surface area contributed by atoms with Crippen molar-refractivity contribution in [3.8, 4) is 0 Å². The summed E-state index contributed by atoms with van der Waals surface area (Å²) in [6, 6.07) is 1.60. The molecule has 5 nitrogen and oxygen atoms in total. The van der Waals surface area contributed by atoms with E-state index in [-0.39, 0.29) is 0 Å². The van der Waals surface area contributed by atoms with Gasteiger partial charge in [0.2, 0.25) is 10.0 Å². The van der Waals surface area contributed by atoms with E-state index in [1.807, 2.05) is 0 Å². The number of sulfonamides is 1. The first-order valence-corrected chi connectivity index (χ1v) is 6.95. The van der Waals surface area contributed by atoms with Gasteiger partial charge in [0.15, 0.2) is 0 Å². The third-order valence-electron chi connectivity index (χ3n) is 2.73. The number of halogens is 2. The smallest absolute Gasteiger partial charge is 0.318 e. The molecule has 1 aromatic rings. The predicted octanol–water partition coefficient (Wildman–Crippen LogP) is 1.20. The second kappa shape index (κ2) is 4.86. The molecule has 1 saturated carbocycles. The maximum atomic E-state index is 13.5. The average molecular weight is 291 g/mol. The minimum Gasteiger partial charge on any atom is -0.480 e. The van der Waals surface area contributed by atoms with E-state index in [0.717, 1.165) is 6.07 Å². The number of rotatable bonds is 5. The van der Waals surface area contributed by atoms with Crippen molar-refractivity contribution >= 4 is 16.0 Å². The molecule has 0 spiro atoms. The number of carboxylic acids is 1. The highest BCUT2D eigenvalue weighted by atomic mass is 32.2. The molecule has 0 saturated heterocycles. The Labute approximate surface area is 108 Å². The van der Waals surface area contributed by atoms with Crippen LogP contribution in [0.5, 0.6) is 0 Å². The zero-order valence-electron chi connectivity index (χ0n) is 9.71. The number of hydrogen-bond acceptors (Lipinski definition) is 3. The van der Waals surface area contributed by atoms with Gasteiger partial charge in [-0.15, -0.1) is 0 Å². The van der Waals surface area contributed by atoms with Crippen molar-refractivity contribution in [2.75, 3.05) is 6.54 Å². The summed E-state index contributed by atoms with van der Waals surface area (Å²) in [5.41, 5.74) is 0. The van der Waals surface area contributed by atoms with Crippen molar-refractivity contribution in [2.45, 2.75) is 23.8 Å². The van der Waals surface area contributed by atoms with Gasteiger partial charge in [0, 0.05) is 6.04 Å². The molecular formula is C11H11F2NO4S. The molecule has 2 rings (SSSR count). The Morgan fingerprint density at radius 3 is 2.53 bits per heavy atom. The number of benzene rings is 1. The molecule has 0 aromatic heterocycles. The molecule has 104 valence electrons. The van der Waals surface area contributed by atoms with Gasteiger partial charge in [0.25, 0.3) is 0 Å². The Hall–Kier alpha value is -1.54. The van der Waals surface area contributed by atoms with Gasteiger partial charge in [-0.3, -0.25) is 4.79 Å². The molecule has 0 bridgehead atoms. The van der Waals surface area contributed by atoms with E-state index in [9.17, 15) is 22.0 Å². The van der Waals surface area contributed by atoms with Crippen LogP contribution in [0.4, 0.5) is 8.78 Å². The topological polar surface area (TPSA) is 74.7 Å². The lowest BCUT2D eigenvalue weighted by atomic mass is 10.3. The zero-order valence-corrected chi connectivity index (χ0v) is 10.5. The van der Waals surface area contributed by atoms with Gasteiger partial charge in [0.05, 0.1) is 0 Å². The van der Waals surface area contributed by atoms with Gasteiger partial charge in [0.1, 0.15) is 23.1 Å². The summed E-state index contributed by atoms with van der Waals surface area (Å²) in [7, 11) is -4.35. The lowest BCUT2D eigenvalue weighted by Gasteiger charge is -2.20. The molecule has 0 radical (unpaired) electrons. The van der Waals surface area contributed by atoms with Crippen molar-refractivity contribution < 1.29 is 27.1 Å². The Morgan fingerprint density at radius 2 is 2.00 bits per heavy atom. The Balaban J connectivity index is 2.44. The number of hydrogen-bond donors (Lipinski definition) is 1. The van der Waals surface area contributed by atoms with E-state index in [4.69, 9.17) is 5.11 Å². The van der Waals surface area contributed by atoms with Gasteiger partial charge in [-0.05, 0) is 31.0 Å². The van der Waals surface area contributed by atoms with Crippen LogP contribution in [0.2, 0.25) is 0 Å². The summed E-state index contributed by atoms with van der Waals surface area (Å²) < 4.78 is 51.6. The quantitative estimate of drug-likeness (QED) is 0.884. The average Bonchev–Trinajstić information content (AvgIpc) is 3.12. The third kappa shape index (κ3) is 2.90. The van der Waals surface area contributed by atoms with Crippen molar-refractivity contribution in [2.24, 2.45) is 0 Å². The monoisotopic (exact) mass is 291 g/mol. The van der Waals surface area contributed by atoms with Crippen LogP contribution < -0.4 is 0 Å². The van der Waals surface area contributed by atoms with E-state index >= 15 is 0 Å². The van der Waals surface area contributed by atoms with Gasteiger partial charge >= 0.3 is 5.97 Å². The van der Waals surface area contributed by atoms with Crippen LogP contribution >= 0.6 is 0 Å². The molecular weight excluding hydrogens is 280 g/mol. The molecule has 1 aliphatic rings. The van der Waals surface area contributed by atoms with Crippen LogP contribution in [0.1, 0.15) is 12.8 Å². The first kappa shape index (κ1) is 13.9. The van der Waals surface area contributed by atoms with E-state index in [1.165, 1.54) is 0 Å². The number of carbonyl (C=O) groups is 1. The fourth-order valence-corrected chi connectivity index (χ4v) is 3.42.